The lowest BCUT2D eigenvalue weighted by atomic mass is 9.88. The summed E-state index contributed by atoms with van der Waals surface area (Å²) in [6.07, 6.45) is 2.99. The topological polar surface area (TPSA) is 88.1 Å². The van der Waals surface area contributed by atoms with Gasteiger partial charge in [-0.05, 0) is 81.3 Å². The van der Waals surface area contributed by atoms with E-state index in [0.29, 0.717) is 28.3 Å². The van der Waals surface area contributed by atoms with Crippen LogP contribution in [0.15, 0.2) is 77.3 Å². The molecule has 7 nitrogen and oxygen atoms in total. The number of nitrogens with one attached hydrogen (secondary N) is 1. The molecule has 0 fully saturated rings. The molecular weight excluding hydrogens is 498 g/mol. The van der Waals surface area contributed by atoms with Gasteiger partial charge in [-0.1, -0.05) is 24.3 Å². The summed E-state index contributed by atoms with van der Waals surface area (Å²) in [6.45, 7) is 10.1. The summed E-state index contributed by atoms with van der Waals surface area (Å²) in [6, 6.07) is 17.9. The molecule has 0 saturated carbocycles. The third-order valence-corrected chi connectivity index (χ3v) is 6.81. The van der Waals surface area contributed by atoms with Gasteiger partial charge in [0.1, 0.15) is 5.75 Å². The highest BCUT2D eigenvalue weighted by Crippen LogP contribution is 2.32. The fraction of sp³-hybridized carbons (Fsp3) is 0.233. The molecule has 4 rings (SSSR count). The molecule has 0 bridgehead atoms. The highest BCUT2D eigenvalue weighted by molar-refractivity contribution is 7.79. The summed E-state index contributed by atoms with van der Waals surface area (Å²) in [4.78, 5) is 33.8. The van der Waals surface area contributed by atoms with Crippen molar-refractivity contribution in [3.8, 4) is 5.75 Å². The monoisotopic (exact) mass is 529 g/mol. The zero-order valence-corrected chi connectivity index (χ0v) is 23.0. The molecule has 3 aromatic carbocycles. The second-order valence-corrected chi connectivity index (χ2v) is 9.96. The van der Waals surface area contributed by atoms with Crippen molar-refractivity contribution in [3.05, 3.63) is 94.6 Å². The first-order valence-corrected chi connectivity index (χ1v) is 13.9. The minimum Gasteiger partial charge on any atom is -0.401 e. The maximum absolute atomic E-state index is 13.3. The van der Waals surface area contributed by atoms with E-state index in [1.807, 2.05) is 26.0 Å². The molecule has 196 valence electrons. The highest BCUT2D eigenvalue weighted by Gasteiger charge is 2.29. The summed E-state index contributed by atoms with van der Waals surface area (Å²) in [5.74, 6) is -0.475. The van der Waals surface area contributed by atoms with Gasteiger partial charge in [0.2, 0.25) is 11.1 Å². The van der Waals surface area contributed by atoms with Crippen LogP contribution in [0.3, 0.4) is 0 Å². The summed E-state index contributed by atoms with van der Waals surface area (Å²) in [7, 11) is 0. The summed E-state index contributed by atoms with van der Waals surface area (Å²) in [5.41, 5.74) is 6.16. The van der Waals surface area contributed by atoms with Crippen molar-refractivity contribution >= 4 is 45.5 Å². The molecule has 1 amide bonds. The number of hydrogen-bond acceptors (Lipinski definition) is 6. The van der Waals surface area contributed by atoms with Gasteiger partial charge in [0.25, 0.3) is 5.91 Å². The Balaban J connectivity index is 1.71. The minimum absolute atomic E-state index is 0.00695. The van der Waals surface area contributed by atoms with E-state index in [9.17, 15) is 13.8 Å². The van der Waals surface area contributed by atoms with E-state index in [1.54, 1.807) is 42.5 Å². The molecule has 1 aliphatic rings. The number of aliphatic imine (C=N–C) groups is 1. The van der Waals surface area contributed by atoms with Crippen LogP contribution in [0.1, 0.15) is 40.9 Å². The quantitative estimate of drug-likeness (QED) is 0.378. The zero-order valence-electron chi connectivity index (χ0n) is 22.2. The number of rotatable bonds is 8. The molecule has 3 aromatic rings. The van der Waals surface area contributed by atoms with Crippen LogP contribution < -0.4 is 14.4 Å². The molecule has 38 heavy (non-hydrogen) atoms. The average molecular weight is 530 g/mol. The Morgan fingerprint density at radius 2 is 1.58 bits per heavy atom. The Morgan fingerprint density at radius 3 is 2.16 bits per heavy atom. The fourth-order valence-electron chi connectivity index (χ4n) is 4.52. The summed E-state index contributed by atoms with van der Waals surface area (Å²) >= 11 is -1.45. The third kappa shape index (κ3) is 5.75. The molecule has 0 radical (unpaired) electrons. The van der Waals surface area contributed by atoms with Crippen molar-refractivity contribution in [2.45, 2.75) is 27.7 Å². The van der Waals surface area contributed by atoms with Crippen molar-refractivity contribution in [2.24, 2.45) is 4.99 Å². The Labute approximate surface area is 225 Å². The normalized spacial score (nSPS) is 14.5. The van der Waals surface area contributed by atoms with Crippen molar-refractivity contribution in [3.63, 3.8) is 0 Å². The number of amides is 1. The van der Waals surface area contributed by atoms with Crippen molar-refractivity contribution in [1.82, 2.24) is 0 Å². The van der Waals surface area contributed by atoms with Crippen LogP contribution >= 0.6 is 0 Å². The number of benzene rings is 3. The molecule has 0 spiro atoms. The molecule has 0 aromatic heterocycles. The number of fused-ring (bicyclic) bond motifs is 1. The smallest absolute Gasteiger partial charge is 0.259 e. The van der Waals surface area contributed by atoms with Gasteiger partial charge in [-0.3, -0.25) is 9.59 Å². The number of carbonyl (C=O) groups excluding carboxylic acids is 2. The first-order valence-electron chi connectivity index (χ1n) is 12.5. The first kappa shape index (κ1) is 27.0. The number of aryl methyl sites for hydroxylation is 2. The van der Waals surface area contributed by atoms with E-state index in [4.69, 9.17) is 9.18 Å². The number of ketones is 1. The van der Waals surface area contributed by atoms with Gasteiger partial charge in [0.05, 0.1) is 17.0 Å². The van der Waals surface area contributed by atoms with Crippen LogP contribution in [-0.2, 0) is 15.9 Å². The molecule has 0 heterocycles. The molecule has 1 unspecified atom stereocenters. The van der Waals surface area contributed by atoms with E-state index < -0.39 is 17.0 Å². The van der Waals surface area contributed by atoms with Gasteiger partial charge in [0.15, 0.2) is 5.78 Å². The molecule has 8 heteroatoms. The lowest BCUT2D eigenvalue weighted by Gasteiger charge is -2.23. The Kier molecular flexibility index (Phi) is 8.22. The third-order valence-electron chi connectivity index (χ3n) is 6.38. The van der Waals surface area contributed by atoms with Crippen molar-refractivity contribution in [2.75, 3.05) is 29.6 Å². The average Bonchev–Trinajstić information content (AvgIpc) is 2.89. The SMILES string of the molecule is CCN(CC)c1cc(C)c(N=C2C=C(C(=O)Nc3ccc(OS(C)=O)cc3)C(=O)c3ccccc32)c(C)c1. The first-order chi connectivity index (χ1) is 18.2. The number of allylic oxidation sites excluding steroid dienone is 1. The van der Waals surface area contributed by atoms with E-state index >= 15 is 0 Å². The van der Waals surface area contributed by atoms with Gasteiger partial charge in [-0.25, -0.2) is 9.20 Å². The highest BCUT2D eigenvalue weighted by atomic mass is 32.2. The lowest BCUT2D eigenvalue weighted by molar-refractivity contribution is -0.112. The van der Waals surface area contributed by atoms with Crippen molar-refractivity contribution < 1.29 is 18.0 Å². The molecule has 1 atom stereocenters. The Hall–Kier alpha value is -4.04. The van der Waals surface area contributed by atoms with Gasteiger partial charge >= 0.3 is 0 Å². The van der Waals surface area contributed by atoms with Crippen LogP contribution in [0.2, 0.25) is 0 Å². The zero-order chi connectivity index (χ0) is 27.4. The van der Waals surface area contributed by atoms with Crippen LogP contribution in [0.5, 0.6) is 5.75 Å². The summed E-state index contributed by atoms with van der Waals surface area (Å²) in [5, 5.41) is 2.77. The van der Waals surface area contributed by atoms with Crippen molar-refractivity contribution in [1.29, 1.82) is 0 Å². The molecule has 1 N–H and O–H groups in total. The Bertz CT molecular complexity index is 1450. The van der Waals surface area contributed by atoms with Crippen LogP contribution in [0.25, 0.3) is 0 Å². The summed E-state index contributed by atoms with van der Waals surface area (Å²) < 4.78 is 16.4. The largest absolute Gasteiger partial charge is 0.401 e. The predicted molar refractivity (Wildman–Crippen MR) is 154 cm³/mol. The van der Waals surface area contributed by atoms with Gasteiger partial charge in [-0.2, -0.15) is 0 Å². The molecule has 1 aliphatic carbocycles. The van der Waals surface area contributed by atoms with Gasteiger partial charge in [0, 0.05) is 41.8 Å². The van der Waals surface area contributed by atoms with Crippen LogP contribution in [-0.4, -0.2) is 41.0 Å². The number of anilines is 2. The Morgan fingerprint density at radius 1 is 0.974 bits per heavy atom. The molecule has 0 aliphatic heterocycles. The van der Waals surface area contributed by atoms with E-state index in [1.165, 1.54) is 6.26 Å². The maximum Gasteiger partial charge on any atom is 0.259 e. The number of hydrogen-bond donors (Lipinski definition) is 1. The second kappa shape index (κ2) is 11.6. The van der Waals surface area contributed by atoms with Gasteiger partial charge < -0.3 is 14.4 Å². The minimum atomic E-state index is -1.45. The maximum atomic E-state index is 13.3. The number of nitrogens with zero attached hydrogens (tertiary/aromatic N) is 2. The molecular formula is C30H31N3O4S. The standard InChI is InChI=1S/C30H31N3O4S/c1-6-33(7-2)22-16-19(3)28(20(4)17-22)32-27-18-26(29(34)25-11-9-8-10-24(25)27)30(35)31-21-12-14-23(15-13-21)37-38(5)36/h8-18H,6-7H2,1-5H3,(H,31,35). The van der Waals surface area contributed by atoms with Gasteiger partial charge in [-0.15, -0.1) is 0 Å². The second-order valence-electron chi connectivity index (χ2n) is 8.99. The fourth-order valence-corrected chi connectivity index (χ4v) is 4.90. The van der Waals surface area contributed by atoms with Crippen LogP contribution in [0, 0.1) is 13.8 Å². The molecule has 0 saturated heterocycles. The number of carbonyl (C=O) groups is 2. The van der Waals surface area contributed by atoms with E-state index in [-0.39, 0.29) is 11.4 Å². The van der Waals surface area contributed by atoms with E-state index in [0.717, 1.165) is 35.6 Å². The lowest BCUT2D eigenvalue weighted by Crippen LogP contribution is -2.26. The predicted octanol–water partition coefficient (Wildman–Crippen LogP) is 5.70. The van der Waals surface area contributed by atoms with Crippen LogP contribution in [0.4, 0.5) is 17.1 Å². The number of Topliss-reactive ketones (excluding diaryl/α,β-unsaturated/α-hetero) is 1. The van der Waals surface area contributed by atoms with E-state index in [2.05, 4.69) is 36.2 Å².